The van der Waals surface area contributed by atoms with Crippen molar-refractivity contribution < 1.29 is 18.0 Å². The molecular formula is C19H19ClN2O4S. The van der Waals surface area contributed by atoms with Gasteiger partial charge in [-0.2, -0.15) is 0 Å². The monoisotopic (exact) mass is 406 g/mol. The molecule has 1 saturated heterocycles. The number of anilines is 2. The molecular weight excluding hydrogens is 388 g/mol. The molecule has 1 fully saturated rings. The summed E-state index contributed by atoms with van der Waals surface area (Å²) in [7, 11) is -3.77. The highest BCUT2D eigenvalue weighted by atomic mass is 35.5. The summed E-state index contributed by atoms with van der Waals surface area (Å²) in [5, 5.41) is 3.33. The van der Waals surface area contributed by atoms with E-state index in [-0.39, 0.29) is 17.0 Å². The highest BCUT2D eigenvalue weighted by Crippen LogP contribution is 2.36. The zero-order valence-corrected chi connectivity index (χ0v) is 16.7. The van der Waals surface area contributed by atoms with Crippen LogP contribution >= 0.6 is 11.6 Å². The second-order valence-electron chi connectivity index (χ2n) is 7.17. The molecule has 0 spiro atoms. The summed E-state index contributed by atoms with van der Waals surface area (Å²) < 4.78 is 25.6. The fourth-order valence-electron chi connectivity index (χ4n) is 3.00. The highest BCUT2D eigenvalue weighted by Gasteiger charge is 2.49. The number of nitrogens with zero attached hydrogens (tertiary/aromatic N) is 1. The molecule has 2 aromatic carbocycles. The molecule has 142 valence electrons. The van der Waals surface area contributed by atoms with Gasteiger partial charge in [-0.15, -0.1) is 0 Å². The lowest BCUT2D eigenvalue weighted by Gasteiger charge is -2.18. The van der Waals surface area contributed by atoms with E-state index in [1.807, 2.05) is 6.92 Å². The van der Waals surface area contributed by atoms with Gasteiger partial charge in [-0.1, -0.05) is 17.7 Å². The smallest absolute Gasteiger partial charge is 0.255 e. The third-order valence-corrected chi connectivity index (χ3v) is 6.62. The minimum Gasteiger partial charge on any atom is -0.322 e. The lowest BCUT2D eigenvalue weighted by molar-refractivity contribution is -0.123. The topological polar surface area (TPSA) is 83.6 Å². The minimum absolute atomic E-state index is 0.158. The summed E-state index contributed by atoms with van der Waals surface area (Å²) in [6, 6.07) is 11.1. The lowest BCUT2D eigenvalue weighted by atomic mass is 9.95. The Labute approximate surface area is 163 Å². The number of hydrogen-bond acceptors (Lipinski definition) is 4. The van der Waals surface area contributed by atoms with Crippen molar-refractivity contribution in [3.8, 4) is 0 Å². The molecule has 8 heteroatoms. The van der Waals surface area contributed by atoms with Crippen molar-refractivity contribution in [3.63, 3.8) is 0 Å². The van der Waals surface area contributed by atoms with Crippen molar-refractivity contribution in [3.05, 3.63) is 58.6 Å². The van der Waals surface area contributed by atoms with E-state index in [0.717, 1.165) is 9.87 Å². The summed E-state index contributed by atoms with van der Waals surface area (Å²) in [6.07, 6.45) is 0. The number of rotatable bonds is 3. The van der Waals surface area contributed by atoms with Crippen LogP contribution in [0.3, 0.4) is 0 Å². The number of nitrogens with one attached hydrogen (secondary N) is 1. The van der Waals surface area contributed by atoms with Crippen LogP contribution in [0.25, 0.3) is 0 Å². The SMILES string of the molecule is Cc1cc(Cl)ccc1NC(=O)c1cccc(N2C(=O)C(C)(C)CS2(=O)=O)c1. The van der Waals surface area contributed by atoms with E-state index >= 15 is 0 Å². The van der Waals surface area contributed by atoms with Crippen LogP contribution in [-0.4, -0.2) is 26.0 Å². The molecule has 3 rings (SSSR count). The van der Waals surface area contributed by atoms with Crippen molar-refractivity contribution in [2.75, 3.05) is 15.4 Å². The van der Waals surface area contributed by atoms with Crippen molar-refractivity contribution in [1.29, 1.82) is 0 Å². The first kappa shape index (κ1) is 19.4. The van der Waals surface area contributed by atoms with Gasteiger partial charge < -0.3 is 5.32 Å². The number of carbonyl (C=O) groups excluding carboxylic acids is 2. The van der Waals surface area contributed by atoms with Gasteiger partial charge in [0.15, 0.2) is 0 Å². The van der Waals surface area contributed by atoms with Gasteiger partial charge in [0.25, 0.3) is 5.91 Å². The van der Waals surface area contributed by atoms with Crippen molar-refractivity contribution in [1.82, 2.24) is 0 Å². The number of sulfonamides is 1. The zero-order chi connectivity index (χ0) is 20.0. The van der Waals surface area contributed by atoms with Gasteiger partial charge in [0.2, 0.25) is 15.9 Å². The molecule has 1 aliphatic rings. The fraction of sp³-hybridized carbons (Fsp3) is 0.263. The Bertz CT molecular complexity index is 1050. The fourth-order valence-corrected chi connectivity index (χ4v) is 5.32. The van der Waals surface area contributed by atoms with Crippen molar-refractivity contribution in [2.24, 2.45) is 5.41 Å². The molecule has 0 unspecified atom stereocenters. The van der Waals surface area contributed by atoms with Gasteiger partial charge in [0.1, 0.15) is 0 Å². The summed E-state index contributed by atoms with van der Waals surface area (Å²) in [6.45, 7) is 5.00. The molecule has 6 nitrogen and oxygen atoms in total. The van der Waals surface area contributed by atoms with Crippen LogP contribution in [0.15, 0.2) is 42.5 Å². The maximum absolute atomic E-state index is 12.6. The van der Waals surface area contributed by atoms with E-state index in [2.05, 4.69) is 5.32 Å². The van der Waals surface area contributed by atoms with Crippen LogP contribution < -0.4 is 9.62 Å². The summed E-state index contributed by atoms with van der Waals surface area (Å²) in [5.74, 6) is -1.18. The van der Waals surface area contributed by atoms with Crippen LogP contribution in [-0.2, 0) is 14.8 Å². The van der Waals surface area contributed by atoms with Gasteiger partial charge >= 0.3 is 0 Å². The van der Waals surface area contributed by atoms with E-state index in [4.69, 9.17) is 11.6 Å². The number of hydrogen-bond donors (Lipinski definition) is 1. The Morgan fingerprint density at radius 2 is 1.89 bits per heavy atom. The molecule has 0 saturated carbocycles. The first-order valence-electron chi connectivity index (χ1n) is 8.26. The molecule has 1 N–H and O–H groups in total. The van der Waals surface area contributed by atoms with Gasteiger partial charge in [0.05, 0.1) is 16.9 Å². The van der Waals surface area contributed by atoms with E-state index in [1.54, 1.807) is 44.2 Å². The Morgan fingerprint density at radius 1 is 1.19 bits per heavy atom. The Morgan fingerprint density at radius 3 is 2.48 bits per heavy atom. The highest BCUT2D eigenvalue weighted by molar-refractivity contribution is 7.94. The molecule has 0 radical (unpaired) electrons. The standard InChI is InChI=1S/C19H19ClN2O4S/c1-12-9-14(20)7-8-16(12)21-17(23)13-5-4-6-15(10-13)22-18(24)19(2,3)11-27(22,25)26/h4-10H,11H2,1-3H3,(H,21,23). The van der Waals surface area contributed by atoms with Gasteiger partial charge in [0, 0.05) is 16.3 Å². The van der Waals surface area contributed by atoms with E-state index in [0.29, 0.717) is 10.7 Å². The van der Waals surface area contributed by atoms with Crippen LogP contribution in [0.1, 0.15) is 29.8 Å². The number of benzene rings is 2. The van der Waals surface area contributed by atoms with Crippen LogP contribution in [0, 0.1) is 12.3 Å². The molecule has 0 aliphatic carbocycles. The maximum atomic E-state index is 12.6. The second kappa shape index (κ2) is 6.65. The van der Waals surface area contributed by atoms with Gasteiger partial charge in [-0.05, 0) is 62.7 Å². The molecule has 0 bridgehead atoms. The van der Waals surface area contributed by atoms with Crippen molar-refractivity contribution >= 4 is 44.8 Å². The number of halogens is 1. The molecule has 0 atom stereocenters. The maximum Gasteiger partial charge on any atom is 0.255 e. The van der Waals surface area contributed by atoms with Crippen LogP contribution in [0.4, 0.5) is 11.4 Å². The molecule has 2 amide bonds. The van der Waals surface area contributed by atoms with E-state index in [9.17, 15) is 18.0 Å². The van der Waals surface area contributed by atoms with Gasteiger partial charge in [-0.3, -0.25) is 9.59 Å². The molecule has 1 aliphatic heterocycles. The zero-order valence-electron chi connectivity index (χ0n) is 15.1. The summed E-state index contributed by atoms with van der Waals surface area (Å²) in [4.78, 5) is 25.1. The number of aryl methyl sites for hydroxylation is 1. The minimum atomic E-state index is -3.77. The molecule has 1 heterocycles. The predicted octanol–water partition coefficient (Wildman–Crippen LogP) is 3.60. The molecule has 0 aromatic heterocycles. The first-order valence-corrected chi connectivity index (χ1v) is 10.2. The Kier molecular flexibility index (Phi) is 4.78. The average Bonchev–Trinajstić information content (AvgIpc) is 2.73. The van der Waals surface area contributed by atoms with E-state index in [1.165, 1.54) is 12.1 Å². The number of amides is 2. The third kappa shape index (κ3) is 3.70. The quantitative estimate of drug-likeness (QED) is 0.844. The largest absolute Gasteiger partial charge is 0.322 e. The third-order valence-electron chi connectivity index (χ3n) is 4.36. The summed E-state index contributed by atoms with van der Waals surface area (Å²) >= 11 is 5.92. The Balaban J connectivity index is 1.92. The van der Waals surface area contributed by atoms with Crippen molar-refractivity contribution in [2.45, 2.75) is 20.8 Å². The normalized spacial score (nSPS) is 17.8. The molecule has 2 aromatic rings. The number of carbonyl (C=O) groups is 2. The summed E-state index contributed by atoms with van der Waals surface area (Å²) in [5.41, 5.74) is 0.796. The van der Waals surface area contributed by atoms with Crippen LogP contribution in [0.2, 0.25) is 5.02 Å². The van der Waals surface area contributed by atoms with Gasteiger partial charge in [-0.25, -0.2) is 12.7 Å². The van der Waals surface area contributed by atoms with Crippen LogP contribution in [0.5, 0.6) is 0 Å². The Hall–Kier alpha value is -2.38. The first-order chi connectivity index (χ1) is 12.5. The lowest BCUT2D eigenvalue weighted by Crippen LogP contribution is -2.33. The van der Waals surface area contributed by atoms with E-state index < -0.39 is 27.3 Å². The predicted molar refractivity (Wildman–Crippen MR) is 106 cm³/mol. The average molecular weight is 407 g/mol. The molecule has 27 heavy (non-hydrogen) atoms. The second-order valence-corrected chi connectivity index (χ2v) is 9.43.